The van der Waals surface area contributed by atoms with Crippen LogP contribution in [0.1, 0.15) is 10.4 Å². The number of benzene rings is 1. The summed E-state index contributed by atoms with van der Waals surface area (Å²) in [6.45, 7) is 2.52. The minimum Gasteiger partial charge on any atom is -0.443 e. The normalized spacial score (nSPS) is 16.4. The molecule has 0 aliphatic carbocycles. The summed E-state index contributed by atoms with van der Waals surface area (Å²) < 4.78 is 10.4. The first-order valence-electron chi connectivity index (χ1n) is 5.55. The van der Waals surface area contributed by atoms with Crippen LogP contribution in [0.15, 0.2) is 29.0 Å². The van der Waals surface area contributed by atoms with Gasteiger partial charge in [0.05, 0.1) is 13.2 Å². The number of nitrogens with zero attached hydrogens (tertiary/aromatic N) is 2. The lowest BCUT2D eigenvalue weighted by Gasteiger charge is -2.26. The molecule has 2 aromatic rings. The first-order valence-corrected chi connectivity index (χ1v) is 5.55. The predicted octanol–water partition coefficient (Wildman–Crippen LogP) is 1.30. The summed E-state index contributed by atoms with van der Waals surface area (Å²) in [4.78, 5) is 18.0. The third-order valence-electron chi connectivity index (χ3n) is 2.88. The summed E-state index contributed by atoms with van der Waals surface area (Å²) >= 11 is 0. The lowest BCUT2D eigenvalue weighted by molar-refractivity contribution is 0.0303. The Morgan fingerprint density at radius 1 is 1.29 bits per heavy atom. The molecule has 17 heavy (non-hydrogen) atoms. The van der Waals surface area contributed by atoms with Gasteiger partial charge in [-0.25, -0.2) is 4.98 Å². The highest BCUT2D eigenvalue weighted by Crippen LogP contribution is 2.16. The van der Waals surface area contributed by atoms with Gasteiger partial charge in [0.25, 0.3) is 5.91 Å². The van der Waals surface area contributed by atoms with Gasteiger partial charge in [0.15, 0.2) is 12.0 Å². The van der Waals surface area contributed by atoms with Crippen molar-refractivity contribution < 1.29 is 13.9 Å². The van der Waals surface area contributed by atoms with Gasteiger partial charge in [0, 0.05) is 18.7 Å². The van der Waals surface area contributed by atoms with E-state index in [9.17, 15) is 4.79 Å². The van der Waals surface area contributed by atoms with E-state index in [-0.39, 0.29) is 5.91 Å². The van der Waals surface area contributed by atoms with Gasteiger partial charge in [-0.2, -0.15) is 0 Å². The van der Waals surface area contributed by atoms with Crippen molar-refractivity contribution >= 4 is 17.0 Å². The number of aromatic nitrogens is 1. The zero-order valence-corrected chi connectivity index (χ0v) is 9.26. The van der Waals surface area contributed by atoms with Crippen LogP contribution in [0.2, 0.25) is 0 Å². The molecule has 0 unspecified atom stereocenters. The summed E-state index contributed by atoms with van der Waals surface area (Å²) in [5.41, 5.74) is 2.06. The summed E-state index contributed by atoms with van der Waals surface area (Å²) in [7, 11) is 0. The molecule has 0 N–H and O–H groups in total. The van der Waals surface area contributed by atoms with Crippen molar-refractivity contribution in [2.24, 2.45) is 0 Å². The molecule has 0 spiro atoms. The molecule has 1 amide bonds. The van der Waals surface area contributed by atoms with E-state index in [1.807, 2.05) is 0 Å². The fourth-order valence-corrected chi connectivity index (χ4v) is 1.94. The Bertz CT molecular complexity index is 543. The van der Waals surface area contributed by atoms with E-state index in [1.54, 1.807) is 23.1 Å². The maximum absolute atomic E-state index is 12.2. The van der Waals surface area contributed by atoms with Gasteiger partial charge in [-0.05, 0) is 18.2 Å². The summed E-state index contributed by atoms with van der Waals surface area (Å²) in [6.07, 6.45) is 1.38. The van der Waals surface area contributed by atoms with E-state index in [4.69, 9.17) is 9.15 Å². The number of hydrogen-bond donors (Lipinski definition) is 0. The molecule has 5 heteroatoms. The van der Waals surface area contributed by atoms with E-state index >= 15 is 0 Å². The molecule has 0 saturated carbocycles. The standard InChI is InChI=1S/C12H12N2O3/c15-12(14-3-5-16-6-4-14)9-1-2-11-10(7-9)13-8-17-11/h1-2,7-8H,3-6H2. The average molecular weight is 232 g/mol. The highest BCUT2D eigenvalue weighted by molar-refractivity contribution is 5.97. The van der Waals surface area contributed by atoms with Crippen LogP contribution in [-0.2, 0) is 4.74 Å². The third-order valence-corrected chi connectivity index (χ3v) is 2.88. The monoisotopic (exact) mass is 232 g/mol. The number of carbonyl (C=O) groups excluding carboxylic acids is 1. The molecular weight excluding hydrogens is 220 g/mol. The van der Waals surface area contributed by atoms with Crippen molar-refractivity contribution in [2.45, 2.75) is 0 Å². The second-order valence-electron chi connectivity index (χ2n) is 3.94. The molecule has 0 radical (unpaired) electrons. The summed E-state index contributed by atoms with van der Waals surface area (Å²) in [5, 5.41) is 0. The van der Waals surface area contributed by atoms with Crippen molar-refractivity contribution in [3.05, 3.63) is 30.2 Å². The Morgan fingerprint density at radius 2 is 2.12 bits per heavy atom. The molecule has 1 saturated heterocycles. The fourth-order valence-electron chi connectivity index (χ4n) is 1.94. The maximum Gasteiger partial charge on any atom is 0.254 e. The highest BCUT2D eigenvalue weighted by atomic mass is 16.5. The Hall–Kier alpha value is -1.88. The predicted molar refractivity (Wildman–Crippen MR) is 60.7 cm³/mol. The van der Waals surface area contributed by atoms with Crippen molar-refractivity contribution in [1.29, 1.82) is 0 Å². The molecule has 1 fully saturated rings. The molecule has 1 aliphatic rings. The number of morpholine rings is 1. The van der Waals surface area contributed by atoms with Gasteiger partial charge in [-0.1, -0.05) is 0 Å². The van der Waals surface area contributed by atoms with Crippen LogP contribution in [-0.4, -0.2) is 42.1 Å². The van der Waals surface area contributed by atoms with Crippen molar-refractivity contribution in [3.8, 4) is 0 Å². The van der Waals surface area contributed by atoms with Gasteiger partial charge in [-0.3, -0.25) is 4.79 Å². The van der Waals surface area contributed by atoms with Gasteiger partial charge in [0.1, 0.15) is 5.52 Å². The zero-order valence-electron chi connectivity index (χ0n) is 9.26. The maximum atomic E-state index is 12.2. The van der Waals surface area contributed by atoms with Gasteiger partial charge < -0.3 is 14.1 Å². The number of carbonyl (C=O) groups is 1. The van der Waals surface area contributed by atoms with Crippen LogP contribution in [0, 0.1) is 0 Å². The molecule has 5 nitrogen and oxygen atoms in total. The lowest BCUT2D eigenvalue weighted by Crippen LogP contribution is -2.40. The quantitative estimate of drug-likeness (QED) is 0.743. The molecule has 0 atom stereocenters. The molecule has 0 bridgehead atoms. The average Bonchev–Trinajstić information content (AvgIpc) is 2.86. The Kier molecular flexibility index (Phi) is 2.53. The largest absolute Gasteiger partial charge is 0.443 e. The number of rotatable bonds is 1. The number of hydrogen-bond acceptors (Lipinski definition) is 4. The van der Waals surface area contributed by atoms with E-state index < -0.39 is 0 Å². The third kappa shape index (κ3) is 1.89. The van der Waals surface area contributed by atoms with Crippen LogP contribution < -0.4 is 0 Å². The molecular formula is C12H12N2O3. The van der Waals surface area contributed by atoms with Gasteiger partial charge >= 0.3 is 0 Å². The molecule has 1 aromatic heterocycles. The minimum absolute atomic E-state index is 0.0261. The Labute approximate surface area is 98.0 Å². The first kappa shape index (κ1) is 10.3. The van der Waals surface area contributed by atoms with Crippen LogP contribution in [0.4, 0.5) is 0 Å². The minimum atomic E-state index is 0.0261. The van der Waals surface area contributed by atoms with E-state index in [2.05, 4.69) is 4.98 Å². The number of fused-ring (bicyclic) bond motifs is 1. The first-order chi connectivity index (χ1) is 8.34. The highest BCUT2D eigenvalue weighted by Gasteiger charge is 2.18. The van der Waals surface area contributed by atoms with Crippen molar-refractivity contribution in [2.75, 3.05) is 26.3 Å². The zero-order chi connectivity index (χ0) is 11.7. The van der Waals surface area contributed by atoms with Crippen LogP contribution >= 0.6 is 0 Å². The number of amides is 1. The molecule has 88 valence electrons. The second kappa shape index (κ2) is 4.18. The molecule has 1 aromatic carbocycles. The summed E-state index contributed by atoms with van der Waals surface area (Å²) in [6, 6.07) is 5.30. The van der Waals surface area contributed by atoms with E-state index in [0.29, 0.717) is 43.0 Å². The smallest absolute Gasteiger partial charge is 0.254 e. The van der Waals surface area contributed by atoms with E-state index in [0.717, 1.165) is 0 Å². The molecule has 2 heterocycles. The number of ether oxygens (including phenoxy) is 1. The Balaban J connectivity index is 1.88. The van der Waals surface area contributed by atoms with E-state index in [1.165, 1.54) is 6.39 Å². The second-order valence-corrected chi connectivity index (χ2v) is 3.94. The van der Waals surface area contributed by atoms with Crippen LogP contribution in [0.25, 0.3) is 11.1 Å². The molecule has 3 rings (SSSR count). The fraction of sp³-hybridized carbons (Fsp3) is 0.333. The van der Waals surface area contributed by atoms with Gasteiger partial charge in [-0.15, -0.1) is 0 Å². The SMILES string of the molecule is O=C(c1ccc2ocnc2c1)N1CCOCC1. The summed E-state index contributed by atoms with van der Waals surface area (Å²) in [5.74, 6) is 0.0261. The van der Waals surface area contributed by atoms with Crippen molar-refractivity contribution in [3.63, 3.8) is 0 Å². The molecule has 1 aliphatic heterocycles. The Morgan fingerprint density at radius 3 is 2.94 bits per heavy atom. The van der Waals surface area contributed by atoms with Crippen LogP contribution in [0.3, 0.4) is 0 Å². The van der Waals surface area contributed by atoms with Crippen molar-refractivity contribution in [1.82, 2.24) is 9.88 Å². The van der Waals surface area contributed by atoms with Crippen LogP contribution in [0.5, 0.6) is 0 Å². The lowest BCUT2D eigenvalue weighted by atomic mass is 10.1. The van der Waals surface area contributed by atoms with Gasteiger partial charge in [0.2, 0.25) is 0 Å². The topological polar surface area (TPSA) is 55.6 Å². The number of oxazole rings is 1.